The maximum Gasteiger partial charge on any atom is 0.0629 e. The Morgan fingerprint density at radius 3 is 0.720 bits per heavy atom. The molecule has 0 saturated carbocycles. The van der Waals surface area contributed by atoms with Crippen LogP contribution >= 0.6 is 34.0 Å². The summed E-state index contributed by atoms with van der Waals surface area (Å²) in [6.07, 6.45) is 0. The van der Waals surface area contributed by atoms with Gasteiger partial charge in [-0.05, 0) is 282 Å². The fraction of sp³-hybridized carbons (Fsp3) is 0. The minimum Gasteiger partial charge on any atom is -0.135 e. The second kappa shape index (κ2) is 33.6. The van der Waals surface area contributed by atoms with Crippen molar-refractivity contribution in [3.63, 3.8) is 0 Å². The van der Waals surface area contributed by atoms with E-state index < -0.39 is 72.5 Å². The largest absolute Gasteiger partial charge is 0.135 e. The van der Waals surface area contributed by atoms with E-state index in [4.69, 9.17) is 16.4 Å². The third kappa shape index (κ3) is 13.3. The van der Waals surface area contributed by atoms with Gasteiger partial charge in [0.05, 0.1) is 32.9 Å². The van der Waals surface area contributed by atoms with Gasteiger partial charge in [-0.2, -0.15) is 0 Å². The first-order valence-electron chi connectivity index (χ1n) is 59.3. The van der Waals surface area contributed by atoms with Crippen LogP contribution in [0.25, 0.3) is 300 Å². The zero-order chi connectivity index (χ0) is 115. The van der Waals surface area contributed by atoms with Gasteiger partial charge in [-0.1, -0.05) is 467 Å². The smallest absolute Gasteiger partial charge is 0.0629 e. The van der Waals surface area contributed by atoms with E-state index in [-0.39, 0.29) is 137 Å². The number of benzene rings is 28. The van der Waals surface area contributed by atoms with E-state index in [1.165, 1.54) is 0 Å². The van der Waals surface area contributed by atoms with Crippen LogP contribution in [0, 0.1) is 0 Å². The molecule has 28 aromatic carbocycles. The molecule has 0 bridgehead atoms. The highest BCUT2D eigenvalue weighted by Crippen LogP contribution is 2.56. The minimum atomic E-state index is -0.418. The van der Waals surface area contributed by atoms with Crippen LogP contribution in [0.1, 0.15) is 32.9 Å². The van der Waals surface area contributed by atoms with Crippen LogP contribution in [0.15, 0.2) is 509 Å². The SMILES string of the molecule is [2H]c1c([2H])c([2H])c2c(-c3cc4sc5ccc6ccccc6c5c4c4ccccc34)c3c([2H])c([2H])c([2H])c([2H])c3c(-c3ccc(-c4cccc5ccccc45)cc3)c2c1[2H].[2H]c1c([2H])c([2H])c2c(-c3cc4sc5ccc6ccccc6c5c4c4ccccc34)c3c([2H])c([2H])c([2H])c([2H])c3c(-c3ccc(-c4ccccc4)cc3)c2c1[2H].[2H]c1c([2H])c([2H])c2c(-c3cc4sc5ccc6ccccc6c5c4c4ccccc34)c3c([2H])c([2H])c([2H])c([2H])c3c(-c3ccc4ccccc4c3)c2c1[2H]. The van der Waals surface area contributed by atoms with Gasteiger partial charge in [-0.3, -0.25) is 0 Å². The highest BCUT2D eigenvalue weighted by molar-refractivity contribution is 7.27. The molecule has 662 valence electrons. The summed E-state index contributed by atoms with van der Waals surface area (Å²) in [5.41, 5.74) is 9.64. The predicted molar refractivity (Wildman–Crippen MR) is 627 cm³/mol. The lowest BCUT2D eigenvalue weighted by molar-refractivity contribution is 1.61. The molecule has 0 unspecified atom stereocenters. The number of fused-ring (bicyclic) bond motifs is 29. The molecule has 3 heteroatoms. The number of thiophene rings is 3. The second-order valence-electron chi connectivity index (χ2n) is 36.2. The van der Waals surface area contributed by atoms with E-state index in [2.05, 4.69) is 115 Å². The van der Waals surface area contributed by atoms with Gasteiger partial charge in [-0.15, -0.1) is 34.0 Å². The molecule has 0 N–H and O–H groups in total. The Kier molecular flexibility index (Phi) is 14.5. The van der Waals surface area contributed by atoms with Crippen molar-refractivity contribution < 1.29 is 32.9 Å². The third-order valence-electron chi connectivity index (χ3n) is 28.6. The van der Waals surface area contributed by atoms with Crippen molar-refractivity contribution in [2.45, 2.75) is 0 Å². The average Bonchev–Trinajstić information content (AvgIpc) is 1.53. The molecule has 0 atom stereocenters. The zero-order valence-corrected chi connectivity index (χ0v) is 78.3. The molecule has 143 heavy (non-hydrogen) atoms. The Labute approximate surface area is 870 Å². The maximum atomic E-state index is 9.56. The van der Waals surface area contributed by atoms with Crippen LogP contribution in [0.4, 0.5) is 0 Å². The van der Waals surface area contributed by atoms with Crippen molar-refractivity contribution in [3.05, 3.63) is 509 Å². The topological polar surface area (TPSA) is 0 Å². The van der Waals surface area contributed by atoms with Crippen LogP contribution < -0.4 is 0 Å². The van der Waals surface area contributed by atoms with Crippen molar-refractivity contribution in [1.29, 1.82) is 0 Å². The molecule has 0 radical (unpaired) electrons. The van der Waals surface area contributed by atoms with Gasteiger partial charge < -0.3 is 0 Å². The minimum absolute atomic E-state index is 0.202. The van der Waals surface area contributed by atoms with E-state index in [1.54, 1.807) is 34.0 Å². The first-order chi connectivity index (χ1) is 80.9. The Hall–Kier alpha value is -17.5. The number of rotatable bonds is 8. The van der Waals surface area contributed by atoms with Crippen LogP contribution in [-0.2, 0) is 0 Å². The Bertz CT molecular complexity index is 12100. The summed E-state index contributed by atoms with van der Waals surface area (Å²) < 4.78 is 227. The normalized spacial score (nSPS) is 14.3. The van der Waals surface area contributed by atoms with Crippen molar-refractivity contribution in [1.82, 2.24) is 0 Å². The summed E-state index contributed by atoms with van der Waals surface area (Å²) in [4.78, 5) is 0. The maximum absolute atomic E-state index is 9.56. The third-order valence-corrected chi connectivity index (χ3v) is 31.9. The Morgan fingerprint density at radius 1 is 0.126 bits per heavy atom. The highest BCUT2D eigenvalue weighted by Gasteiger charge is 2.28. The van der Waals surface area contributed by atoms with E-state index in [0.717, 1.165) is 169 Å². The second-order valence-corrected chi connectivity index (χ2v) is 39.4. The van der Waals surface area contributed by atoms with E-state index in [0.29, 0.717) is 66.8 Å². The van der Waals surface area contributed by atoms with Gasteiger partial charge in [0.2, 0.25) is 0 Å². The molecular formula is C140H84S3. The predicted octanol–water partition coefficient (Wildman–Crippen LogP) is 41.6. The van der Waals surface area contributed by atoms with E-state index in [1.807, 2.05) is 249 Å². The van der Waals surface area contributed by atoms with E-state index >= 15 is 0 Å². The molecule has 0 nitrogen and oxygen atoms in total. The van der Waals surface area contributed by atoms with Gasteiger partial charge in [0.15, 0.2) is 0 Å². The monoisotopic (exact) mass is 1880 g/mol. The fourth-order valence-corrected chi connectivity index (χ4v) is 26.0. The standard InChI is InChI=1S/C50H30S.C46H28S.C44H26S/c1-3-15-35-31(12-1)14-11-23-36(35)33-24-26-34(27-25-33)47-40-19-7-9-21-42(40)48(43-22-10-8-20-41(43)47)44-30-46-50(39-18-6-5-17-38(39)44)49-37-16-4-2-13-32(37)28-29-45(49)51-46;1-2-12-29(13-3-1)30-22-24-32(25-23-30)43-36-18-8-10-20-38(36)44(39-21-11-9-19-37(39)43)40-28-42-46(35-17-7-6-16-34(35)40)45-33-15-5-4-14-31(33)26-27-41(45)47-42;1-2-13-29-25-30(22-21-27(29)11-1)41-34-17-7-9-19-36(34)42(37-20-10-8-18-35(37)41)38-26-40-44(33-16-6-5-15-32(33)38)43-31-14-4-3-12-28(31)23-24-39(43)45-40/h1-30H;1-28H;1-26H/i7D,8D,9D,10D,19D,20D,21D,22D;8D,9D,10D,11D,18D,19D,20D,21D;7D,8D,9D,10D,17D,18D,19D,20D. The van der Waals surface area contributed by atoms with Crippen molar-refractivity contribution >= 4 is 245 Å². The highest BCUT2D eigenvalue weighted by atomic mass is 32.1. The quantitative estimate of drug-likeness (QED) is 0.133. The van der Waals surface area contributed by atoms with Crippen molar-refractivity contribution in [2.75, 3.05) is 0 Å². The van der Waals surface area contributed by atoms with Crippen molar-refractivity contribution in [2.24, 2.45) is 0 Å². The fourth-order valence-electron chi connectivity index (χ4n) is 22.5. The number of hydrogen-bond donors (Lipinski definition) is 0. The molecule has 3 heterocycles. The van der Waals surface area contributed by atoms with Gasteiger partial charge in [0.25, 0.3) is 0 Å². The molecule has 3 aromatic heterocycles. The van der Waals surface area contributed by atoms with E-state index in [9.17, 15) is 16.4 Å². The first-order valence-corrected chi connectivity index (χ1v) is 49.8. The molecule has 0 fully saturated rings. The zero-order valence-electron chi connectivity index (χ0n) is 99.9. The molecule has 0 spiro atoms. The first kappa shape index (κ1) is 61.7. The summed E-state index contributed by atoms with van der Waals surface area (Å²) in [5, 5.41) is 25.2. The van der Waals surface area contributed by atoms with Crippen LogP contribution in [0.5, 0.6) is 0 Å². The molecular weight excluding hydrogens is 1780 g/mol. The van der Waals surface area contributed by atoms with Gasteiger partial charge in [-0.25, -0.2) is 0 Å². The van der Waals surface area contributed by atoms with Gasteiger partial charge >= 0.3 is 0 Å². The molecule has 31 rings (SSSR count). The number of hydrogen-bond acceptors (Lipinski definition) is 3. The van der Waals surface area contributed by atoms with Crippen molar-refractivity contribution in [3.8, 4) is 89.0 Å². The molecule has 0 saturated heterocycles. The lowest BCUT2D eigenvalue weighted by Gasteiger charge is -2.19. The molecule has 0 aliphatic rings. The summed E-state index contributed by atoms with van der Waals surface area (Å²) in [6, 6.07) is 112. The molecule has 0 amide bonds. The van der Waals surface area contributed by atoms with Crippen LogP contribution in [-0.4, -0.2) is 0 Å². The molecule has 0 aliphatic heterocycles. The summed E-state index contributed by atoms with van der Waals surface area (Å²) in [5.74, 6) is 0. The van der Waals surface area contributed by atoms with Crippen LogP contribution in [0.3, 0.4) is 0 Å². The Balaban J connectivity index is 0.000000114. The summed E-state index contributed by atoms with van der Waals surface area (Å²) >= 11 is 4.91. The molecule has 0 aliphatic carbocycles. The van der Waals surface area contributed by atoms with Crippen LogP contribution in [0.2, 0.25) is 0 Å². The summed E-state index contributed by atoms with van der Waals surface area (Å²) in [6.45, 7) is 0. The lowest BCUT2D eigenvalue weighted by Crippen LogP contribution is -1.92. The summed E-state index contributed by atoms with van der Waals surface area (Å²) in [7, 11) is 0. The Morgan fingerprint density at radius 2 is 0.364 bits per heavy atom. The average molecular weight is 1890 g/mol. The van der Waals surface area contributed by atoms with Gasteiger partial charge in [0.1, 0.15) is 0 Å². The van der Waals surface area contributed by atoms with Gasteiger partial charge in [0, 0.05) is 60.5 Å². The lowest BCUT2D eigenvalue weighted by atomic mass is 9.84. The molecule has 31 aromatic rings.